The van der Waals surface area contributed by atoms with E-state index in [1.54, 1.807) is 19.1 Å². The Kier molecular flexibility index (Phi) is 2.81. The van der Waals surface area contributed by atoms with E-state index in [4.69, 9.17) is 5.26 Å². The van der Waals surface area contributed by atoms with Gasteiger partial charge in [-0.1, -0.05) is 0 Å². The van der Waals surface area contributed by atoms with Crippen LogP contribution in [0.25, 0.3) is 5.69 Å². The molecule has 1 aromatic heterocycles. The molecule has 0 spiro atoms. The Balaban J connectivity index is 2.75. The number of hydrogen-bond donors (Lipinski definition) is 1. The van der Waals surface area contributed by atoms with Crippen LogP contribution in [-0.4, -0.2) is 9.55 Å². The highest BCUT2D eigenvalue weighted by Crippen LogP contribution is 2.11. The number of rotatable bonds is 1. The van der Waals surface area contributed by atoms with Crippen LogP contribution in [0.2, 0.25) is 0 Å². The Morgan fingerprint density at radius 3 is 2.67 bits per heavy atom. The zero-order valence-electron chi connectivity index (χ0n) is 9.40. The Bertz CT molecular complexity index is 748. The van der Waals surface area contributed by atoms with E-state index < -0.39 is 17.1 Å². The van der Waals surface area contributed by atoms with Gasteiger partial charge in [0.15, 0.2) is 0 Å². The number of nitriles is 1. The predicted octanol–water partition coefficient (Wildman–Crippen LogP) is 0.845. The Morgan fingerprint density at radius 1 is 1.33 bits per heavy atom. The third-order valence-corrected chi connectivity index (χ3v) is 2.37. The molecule has 0 fully saturated rings. The first-order chi connectivity index (χ1) is 8.51. The summed E-state index contributed by atoms with van der Waals surface area (Å²) in [5.41, 5.74) is -0.806. The molecule has 2 rings (SSSR count). The first kappa shape index (κ1) is 11.8. The molecule has 2 aromatic rings. The summed E-state index contributed by atoms with van der Waals surface area (Å²) >= 11 is 0. The molecule has 1 N–H and O–H groups in total. The molecule has 0 bridgehead atoms. The van der Waals surface area contributed by atoms with E-state index in [1.165, 1.54) is 6.07 Å². The van der Waals surface area contributed by atoms with Crippen molar-refractivity contribution in [2.75, 3.05) is 0 Å². The highest BCUT2D eigenvalue weighted by molar-refractivity contribution is 5.37. The molecule has 5 nitrogen and oxygen atoms in total. The van der Waals surface area contributed by atoms with Crippen molar-refractivity contribution < 1.29 is 4.39 Å². The molecule has 1 heterocycles. The van der Waals surface area contributed by atoms with Crippen LogP contribution in [-0.2, 0) is 0 Å². The van der Waals surface area contributed by atoms with Gasteiger partial charge in [0.25, 0.3) is 5.56 Å². The standard InChI is InChI=1S/C12H8FN3O2/c1-7-2-9(13)4-10(3-7)16-6-8(5-14)11(17)15-12(16)18/h2-4,6H,1H3,(H,15,17,18). The molecular formula is C12H8FN3O2. The number of H-pyrrole nitrogens is 1. The molecule has 0 radical (unpaired) electrons. The van der Waals surface area contributed by atoms with Gasteiger partial charge in [0, 0.05) is 6.20 Å². The molecule has 0 aliphatic heterocycles. The van der Waals surface area contributed by atoms with Crippen molar-refractivity contribution in [2.45, 2.75) is 6.92 Å². The minimum absolute atomic E-state index is 0.212. The fourth-order valence-electron chi connectivity index (χ4n) is 1.60. The zero-order chi connectivity index (χ0) is 13.3. The van der Waals surface area contributed by atoms with Crippen LogP contribution in [0.1, 0.15) is 11.1 Å². The van der Waals surface area contributed by atoms with E-state index in [9.17, 15) is 14.0 Å². The van der Waals surface area contributed by atoms with Crippen molar-refractivity contribution >= 4 is 0 Å². The smallest absolute Gasteiger partial charge is 0.273 e. The first-order valence-corrected chi connectivity index (χ1v) is 5.05. The average Bonchev–Trinajstić information content (AvgIpc) is 2.27. The second-order valence-corrected chi connectivity index (χ2v) is 3.77. The number of benzene rings is 1. The van der Waals surface area contributed by atoms with Gasteiger partial charge in [-0.3, -0.25) is 14.3 Å². The summed E-state index contributed by atoms with van der Waals surface area (Å²) in [4.78, 5) is 24.8. The molecule has 0 aliphatic carbocycles. The molecule has 0 unspecified atom stereocenters. The molecule has 90 valence electrons. The highest BCUT2D eigenvalue weighted by atomic mass is 19.1. The molecule has 0 saturated carbocycles. The minimum Gasteiger partial charge on any atom is -0.273 e. The van der Waals surface area contributed by atoms with Crippen LogP contribution in [0.4, 0.5) is 4.39 Å². The Morgan fingerprint density at radius 2 is 2.06 bits per heavy atom. The van der Waals surface area contributed by atoms with Gasteiger partial charge in [-0.2, -0.15) is 5.26 Å². The van der Waals surface area contributed by atoms with Gasteiger partial charge in [0.1, 0.15) is 17.4 Å². The van der Waals surface area contributed by atoms with Crippen molar-refractivity contribution in [2.24, 2.45) is 0 Å². The molecule has 0 aliphatic rings. The summed E-state index contributed by atoms with van der Waals surface area (Å²) in [6, 6.07) is 5.70. The molecule has 18 heavy (non-hydrogen) atoms. The molecule has 1 aromatic carbocycles. The largest absolute Gasteiger partial charge is 0.332 e. The van der Waals surface area contributed by atoms with Crippen molar-refractivity contribution in [3.63, 3.8) is 0 Å². The Labute approximate surface area is 101 Å². The highest BCUT2D eigenvalue weighted by Gasteiger charge is 2.07. The maximum absolute atomic E-state index is 13.3. The molecule has 0 amide bonds. The third kappa shape index (κ3) is 2.06. The van der Waals surface area contributed by atoms with Crippen LogP contribution >= 0.6 is 0 Å². The number of aryl methyl sites for hydroxylation is 1. The lowest BCUT2D eigenvalue weighted by molar-refractivity contribution is 0.624. The van der Waals surface area contributed by atoms with Crippen molar-refractivity contribution in [1.29, 1.82) is 5.26 Å². The van der Waals surface area contributed by atoms with Crippen molar-refractivity contribution in [3.05, 3.63) is 62.2 Å². The maximum atomic E-state index is 13.3. The monoisotopic (exact) mass is 245 g/mol. The van der Waals surface area contributed by atoms with E-state index in [0.29, 0.717) is 5.56 Å². The van der Waals surface area contributed by atoms with Gasteiger partial charge >= 0.3 is 5.69 Å². The summed E-state index contributed by atoms with van der Waals surface area (Å²) in [6.45, 7) is 1.68. The molecule has 0 atom stereocenters. The van der Waals surface area contributed by atoms with Crippen molar-refractivity contribution in [3.8, 4) is 11.8 Å². The summed E-state index contributed by atoms with van der Waals surface area (Å²) in [7, 11) is 0. The number of nitrogens with one attached hydrogen (secondary N) is 1. The molecule has 6 heteroatoms. The lowest BCUT2D eigenvalue weighted by atomic mass is 10.2. The number of nitrogens with zero attached hydrogens (tertiary/aromatic N) is 2. The predicted molar refractivity (Wildman–Crippen MR) is 62.1 cm³/mol. The van der Waals surface area contributed by atoms with E-state index in [1.807, 2.05) is 4.98 Å². The van der Waals surface area contributed by atoms with E-state index in [2.05, 4.69) is 0 Å². The fourth-order valence-corrected chi connectivity index (χ4v) is 1.60. The average molecular weight is 245 g/mol. The zero-order valence-corrected chi connectivity index (χ0v) is 9.40. The van der Waals surface area contributed by atoms with Crippen LogP contribution in [0.3, 0.4) is 0 Å². The number of aromatic nitrogens is 2. The van der Waals surface area contributed by atoms with Gasteiger partial charge in [-0.15, -0.1) is 0 Å². The summed E-state index contributed by atoms with van der Waals surface area (Å²) in [5, 5.41) is 8.73. The van der Waals surface area contributed by atoms with E-state index in [0.717, 1.165) is 16.8 Å². The first-order valence-electron chi connectivity index (χ1n) is 5.05. The lowest BCUT2D eigenvalue weighted by Gasteiger charge is -2.06. The van der Waals surface area contributed by atoms with Crippen LogP contribution in [0.15, 0.2) is 34.0 Å². The second-order valence-electron chi connectivity index (χ2n) is 3.77. The fraction of sp³-hybridized carbons (Fsp3) is 0.0833. The van der Waals surface area contributed by atoms with Gasteiger partial charge in [-0.05, 0) is 30.7 Å². The van der Waals surface area contributed by atoms with Gasteiger partial charge in [-0.25, -0.2) is 9.18 Å². The normalized spacial score (nSPS) is 10.1. The Hall–Kier alpha value is -2.68. The number of hydrogen-bond acceptors (Lipinski definition) is 3. The van der Waals surface area contributed by atoms with E-state index in [-0.39, 0.29) is 11.3 Å². The van der Waals surface area contributed by atoms with Crippen LogP contribution in [0.5, 0.6) is 0 Å². The topological polar surface area (TPSA) is 78.7 Å². The van der Waals surface area contributed by atoms with Gasteiger partial charge in [0.2, 0.25) is 0 Å². The van der Waals surface area contributed by atoms with Gasteiger partial charge in [0.05, 0.1) is 5.69 Å². The van der Waals surface area contributed by atoms with Crippen LogP contribution < -0.4 is 11.2 Å². The van der Waals surface area contributed by atoms with Crippen molar-refractivity contribution in [1.82, 2.24) is 9.55 Å². The van der Waals surface area contributed by atoms with E-state index >= 15 is 0 Å². The lowest BCUT2D eigenvalue weighted by Crippen LogP contribution is -2.30. The summed E-state index contributed by atoms with van der Waals surface area (Å²) < 4.78 is 14.3. The van der Waals surface area contributed by atoms with Gasteiger partial charge < -0.3 is 0 Å². The summed E-state index contributed by atoms with van der Waals surface area (Å²) in [6.07, 6.45) is 1.09. The minimum atomic E-state index is -0.758. The number of aromatic amines is 1. The quantitative estimate of drug-likeness (QED) is 0.808. The molecular weight excluding hydrogens is 237 g/mol. The number of halogens is 1. The molecule has 0 saturated heterocycles. The summed E-state index contributed by atoms with van der Waals surface area (Å²) in [5.74, 6) is -0.499. The third-order valence-electron chi connectivity index (χ3n) is 2.37. The second kappa shape index (κ2) is 4.30. The maximum Gasteiger partial charge on any atom is 0.332 e. The SMILES string of the molecule is Cc1cc(F)cc(-n2cc(C#N)c(=O)[nH]c2=O)c1. The van der Waals surface area contributed by atoms with Crippen LogP contribution in [0, 0.1) is 24.1 Å².